The number of nitrogens with zero attached hydrogens (tertiary/aromatic N) is 3. The van der Waals surface area contributed by atoms with Crippen LogP contribution < -0.4 is 4.74 Å². The minimum absolute atomic E-state index is 0.175. The van der Waals surface area contributed by atoms with E-state index in [0.717, 1.165) is 33.6 Å². The smallest absolute Gasteiger partial charge is 0.276 e. The molecule has 0 N–H and O–H groups in total. The molecule has 1 aliphatic rings. The number of hydrogen-bond acceptors (Lipinski definition) is 6. The van der Waals surface area contributed by atoms with Crippen molar-refractivity contribution in [1.82, 2.24) is 15.0 Å². The van der Waals surface area contributed by atoms with Crippen LogP contribution >= 0.6 is 0 Å². The summed E-state index contributed by atoms with van der Waals surface area (Å²) in [7, 11) is 0. The summed E-state index contributed by atoms with van der Waals surface area (Å²) in [6.07, 6.45) is 4.34. The van der Waals surface area contributed by atoms with Crippen molar-refractivity contribution < 1.29 is 18.8 Å². The molecular weight excluding hydrogens is 442 g/mol. The second-order valence-electron chi connectivity index (χ2n) is 8.57. The van der Waals surface area contributed by atoms with Crippen molar-refractivity contribution in [2.24, 2.45) is 0 Å². The highest BCUT2D eigenvalue weighted by molar-refractivity contribution is 5.92. The molecule has 2 aromatic heterocycles. The maximum absolute atomic E-state index is 13.1. The van der Waals surface area contributed by atoms with Gasteiger partial charge in [-0.2, -0.15) is 0 Å². The third kappa shape index (κ3) is 5.58. The molecule has 4 aromatic rings. The highest BCUT2D eigenvalue weighted by Gasteiger charge is 2.20. The normalized spacial score (nSPS) is 14.5. The lowest BCUT2D eigenvalue weighted by Gasteiger charge is -2.23. The van der Waals surface area contributed by atoms with Crippen LogP contribution in [0.4, 0.5) is 0 Å². The Morgan fingerprint density at radius 2 is 1.86 bits per heavy atom. The van der Waals surface area contributed by atoms with Crippen molar-refractivity contribution in [3.63, 3.8) is 0 Å². The summed E-state index contributed by atoms with van der Waals surface area (Å²) in [5.41, 5.74) is 5.73. The first-order valence-corrected chi connectivity index (χ1v) is 11.7. The SMILES string of the molecule is Cc1cc(C(=O)N2CCOCCOc3ccc(-c4cccnc4)cc3Cc3cccc(c3)C2)no1. The van der Waals surface area contributed by atoms with Gasteiger partial charge in [-0.3, -0.25) is 9.78 Å². The molecule has 1 aliphatic heterocycles. The lowest BCUT2D eigenvalue weighted by molar-refractivity contribution is 0.0563. The summed E-state index contributed by atoms with van der Waals surface area (Å²) in [5.74, 6) is 1.28. The van der Waals surface area contributed by atoms with Crippen molar-refractivity contribution in [2.45, 2.75) is 19.9 Å². The number of fused-ring (bicyclic) bond motifs is 3. The minimum atomic E-state index is -0.175. The van der Waals surface area contributed by atoms with Crippen LogP contribution in [0.3, 0.4) is 0 Å². The number of hydrogen-bond donors (Lipinski definition) is 0. The fourth-order valence-electron chi connectivity index (χ4n) is 4.22. The largest absolute Gasteiger partial charge is 0.491 e. The first-order valence-electron chi connectivity index (χ1n) is 11.7. The van der Waals surface area contributed by atoms with Crippen molar-refractivity contribution in [2.75, 3.05) is 26.4 Å². The van der Waals surface area contributed by atoms with Gasteiger partial charge in [0.1, 0.15) is 18.1 Å². The van der Waals surface area contributed by atoms with Gasteiger partial charge >= 0.3 is 0 Å². The highest BCUT2D eigenvalue weighted by atomic mass is 16.5. The van der Waals surface area contributed by atoms with Gasteiger partial charge < -0.3 is 18.9 Å². The van der Waals surface area contributed by atoms with Crippen molar-refractivity contribution in [3.05, 3.63) is 101 Å². The van der Waals surface area contributed by atoms with Gasteiger partial charge in [-0.15, -0.1) is 0 Å². The Bertz CT molecular complexity index is 1300. The van der Waals surface area contributed by atoms with Crippen LogP contribution in [-0.4, -0.2) is 47.3 Å². The van der Waals surface area contributed by atoms with Crippen LogP contribution in [-0.2, 0) is 17.7 Å². The summed E-state index contributed by atoms with van der Waals surface area (Å²) in [6.45, 7) is 3.94. The van der Waals surface area contributed by atoms with E-state index in [1.165, 1.54) is 0 Å². The van der Waals surface area contributed by atoms with Crippen LogP contribution in [0.15, 0.2) is 77.6 Å². The molecule has 0 unspecified atom stereocenters. The second kappa shape index (κ2) is 10.5. The number of aryl methyl sites for hydroxylation is 1. The third-order valence-corrected chi connectivity index (χ3v) is 5.94. The standard InChI is InChI=1S/C28H27N3O4/c1-20-14-26(30-35-20)28(32)31-10-11-33-12-13-34-27-8-7-23(24-6-3-9-29-18-24)17-25(27)16-21-4-2-5-22(15-21)19-31/h2-9,14-15,17-18H,10-13,16,19H2,1H3. The van der Waals surface area contributed by atoms with E-state index in [0.29, 0.717) is 50.8 Å². The third-order valence-electron chi connectivity index (χ3n) is 5.94. The Morgan fingerprint density at radius 3 is 2.69 bits per heavy atom. The van der Waals surface area contributed by atoms with Gasteiger partial charge in [0.25, 0.3) is 5.91 Å². The van der Waals surface area contributed by atoms with Crippen molar-refractivity contribution in [1.29, 1.82) is 0 Å². The summed E-state index contributed by atoms with van der Waals surface area (Å²) < 4.78 is 17.0. The molecular formula is C28H27N3O4. The maximum Gasteiger partial charge on any atom is 0.276 e. The van der Waals surface area contributed by atoms with Crippen LogP contribution in [0, 0.1) is 6.92 Å². The van der Waals surface area contributed by atoms with E-state index in [2.05, 4.69) is 40.5 Å². The van der Waals surface area contributed by atoms with Gasteiger partial charge in [0.05, 0.1) is 13.2 Å². The molecule has 178 valence electrons. The van der Waals surface area contributed by atoms with Crippen LogP contribution in [0.5, 0.6) is 5.75 Å². The van der Waals surface area contributed by atoms with E-state index in [9.17, 15) is 4.79 Å². The monoisotopic (exact) mass is 469 g/mol. The Kier molecular flexibility index (Phi) is 6.86. The number of rotatable bonds is 2. The predicted molar refractivity (Wildman–Crippen MR) is 131 cm³/mol. The molecule has 0 saturated heterocycles. The van der Waals surface area contributed by atoms with Gasteiger partial charge in [-0.05, 0) is 47.4 Å². The Hall–Kier alpha value is -3.97. The summed E-state index contributed by atoms with van der Waals surface area (Å²) >= 11 is 0. The molecule has 1 amide bonds. The van der Waals surface area contributed by atoms with Crippen molar-refractivity contribution in [3.8, 4) is 16.9 Å². The quantitative estimate of drug-likeness (QED) is 0.424. The van der Waals surface area contributed by atoms with Gasteiger partial charge in [0.2, 0.25) is 0 Å². The summed E-state index contributed by atoms with van der Waals surface area (Å²) in [5, 5.41) is 3.91. The first kappa shape index (κ1) is 22.8. The Morgan fingerprint density at radius 1 is 0.943 bits per heavy atom. The molecule has 2 bridgehead atoms. The lowest BCUT2D eigenvalue weighted by atomic mass is 9.98. The predicted octanol–water partition coefficient (Wildman–Crippen LogP) is 4.69. The number of carbonyl (C=O) groups excluding carboxylic acids is 1. The van der Waals surface area contributed by atoms with E-state index in [4.69, 9.17) is 14.0 Å². The number of benzene rings is 2. The maximum atomic E-state index is 13.1. The molecule has 0 aliphatic carbocycles. The van der Waals surface area contributed by atoms with Crippen LogP contribution in [0.2, 0.25) is 0 Å². The topological polar surface area (TPSA) is 77.7 Å². The second-order valence-corrected chi connectivity index (χ2v) is 8.57. The Labute approximate surface area is 204 Å². The van der Waals surface area contributed by atoms with E-state index < -0.39 is 0 Å². The first-order chi connectivity index (χ1) is 17.2. The number of ether oxygens (including phenoxy) is 2. The van der Waals surface area contributed by atoms with E-state index in [1.807, 2.05) is 30.5 Å². The molecule has 3 heterocycles. The Balaban J connectivity index is 1.45. The van der Waals surface area contributed by atoms with Gasteiger partial charge in [0, 0.05) is 43.5 Å². The molecule has 35 heavy (non-hydrogen) atoms. The number of amides is 1. The molecule has 0 spiro atoms. The molecule has 0 atom stereocenters. The average Bonchev–Trinajstić information content (AvgIpc) is 3.32. The highest BCUT2D eigenvalue weighted by Crippen LogP contribution is 2.29. The number of pyridine rings is 1. The molecule has 2 aromatic carbocycles. The fraction of sp³-hybridized carbons (Fsp3) is 0.250. The molecule has 7 heteroatoms. The van der Waals surface area contributed by atoms with Crippen molar-refractivity contribution >= 4 is 5.91 Å². The number of carbonyl (C=O) groups is 1. The number of aromatic nitrogens is 2. The molecule has 7 nitrogen and oxygen atoms in total. The van der Waals surface area contributed by atoms with Crippen LogP contribution in [0.1, 0.15) is 32.9 Å². The average molecular weight is 470 g/mol. The lowest BCUT2D eigenvalue weighted by Crippen LogP contribution is -2.34. The zero-order chi connectivity index (χ0) is 24.0. The summed E-state index contributed by atoms with van der Waals surface area (Å²) in [4.78, 5) is 19.1. The zero-order valence-electron chi connectivity index (χ0n) is 19.6. The van der Waals surface area contributed by atoms with Gasteiger partial charge in [0.15, 0.2) is 5.69 Å². The fourth-order valence-corrected chi connectivity index (χ4v) is 4.22. The van der Waals surface area contributed by atoms with Gasteiger partial charge in [-0.1, -0.05) is 41.6 Å². The van der Waals surface area contributed by atoms with Gasteiger partial charge in [-0.25, -0.2) is 0 Å². The van der Waals surface area contributed by atoms with E-state index in [-0.39, 0.29) is 5.91 Å². The molecule has 5 rings (SSSR count). The molecule has 0 saturated carbocycles. The molecule has 0 radical (unpaired) electrons. The molecule has 0 fully saturated rings. The minimum Gasteiger partial charge on any atom is -0.491 e. The van der Waals surface area contributed by atoms with E-state index in [1.54, 1.807) is 24.1 Å². The summed E-state index contributed by atoms with van der Waals surface area (Å²) in [6, 6.07) is 20.2. The zero-order valence-corrected chi connectivity index (χ0v) is 19.6. The van der Waals surface area contributed by atoms with E-state index >= 15 is 0 Å². The van der Waals surface area contributed by atoms with Crippen LogP contribution in [0.25, 0.3) is 11.1 Å².